The molecule has 0 aromatic rings. The van der Waals surface area contributed by atoms with Crippen LogP contribution < -0.4 is 21.3 Å². The maximum absolute atomic E-state index is 11.2. The molecule has 0 saturated carbocycles. The predicted octanol–water partition coefficient (Wildman–Crippen LogP) is -3.40. The minimum atomic E-state index is -0.577. The molecule has 0 fully saturated rings. The fourth-order valence-corrected chi connectivity index (χ4v) is 0.898. The molecule has 0 aliphatic heterocycles. The van der Waals surface area contributed by atoms with Crippen molar-refractivity contribution >= 4 is 30.1 Å². The summed E-state index contributed by atoms with van der Waals surface area (Å²) in [7, 11) is 0. The average Bonchev–Trinajstić information content (AvgIpc) is 2.40. The first-order valence-electron chi connectivity index (χ1n) is 5.56. The number of carbonyl (C=O) groups is 5. The first-order chi connectivity index (χ1) is 9.45. The van der Waals surface area contributed by atoms with Crippen molar-refractivity contribution in [3.63, 3.8) is 0 Å². The molecule has 0 aromatic carbocycles. The van der Waals surface area contributed by atoms with Gasteiger partial charge < -0.3 is 26.0 Å². The Morgan fingerprint density at radius 1 is 0.900 bits per heavy atom. The predicted molar refractivity (Wildman–Crippen MR) is 64.9 cm³/mol. The molecule has 0 radical (unpaired) electrons. The molecule has 20 heavy (non-hydrogen) atoms. The summed E-state index contributed by atoms with van der Waals surface area (Å²) in [6.45, 7) is 0.0347. The molecule has 0 unspecified atom stereocenters. The van der Waals surface area contributed by atoms with Crippen molar-refractivity contribution in [1.82, 2.24) is 21.3 Å². The van der Waals surface area contributed by atoms with Gasteiger partial charge in [0.15, 0.2) is 6.73 Å². The third-order valence-corrected chi connectivity index (χ3v) is 1.78. The largest absolute Gasteiger partial charge is 0.445 e. The van der Waals surface area contributed by atoms with E-state index in [0.29, 0.717) is 6.41 Å². The Morgan fingerprint density at radius 2 is 1.40 bits per heavy atom. The second-order valence-corrected chi connectivity index (χ2v) is 3.43. The summed E-state index contributed by atoms with van der Waals surface area (Å²) in [6.07, 6.45) is 0.354. The molecule has 0 aliphatic rings. The van der Waals surface area contributed by atoms with Gasteiger partial charge >= 0.3 is 5.97 Å². The lowest BCUT2D eigenvalue weighted by Gasteiger charge is -2.07. The topological polar surface area (TPSA) is 143 Å². The lowest BCUT2D eigenvalue weighted by Crippen LogP contribution is -2.44. The van der Waals surface area contributed by atoms with Gasteiger partial charge in [0.25, 0.3) is 0 Å². The van der Waals surface area contributed by atoms with E-state index in [4.69, 9.17) is 0 Å². The van der Waals surface area contributed by atoms with E-state index in [-0.39, 0.29) is 26.4 Å². The van der Waals surface area contributed by atoms with Gasteiger partial charge in [-0.3, -0.25) is 24.0 Å². The quantitative estimate of drug-likeness (QED) is 0.198. The Hall–Kier alpha value is -2.65. The first kappa shape index (κ1) is 17.4. The van der Waals surface area contributed by atoms with Gasteiger partial charge in [-0.2, -0.15) is 0 Å². The van der Waals surface area contributed by atoms with Gasteiger partial charge in [-0.25, -0.2) is 0 Å². The van der Waals surface area contributed by atoms with E-state index in [1.54, 1.807) is 0 Å². The van der Waals surface area contributed by atoms with E-state index in [2.05, 4.69) is 26.0 Å². The smallest absolute Gasteiger partial charge is 0.304 e. The fraction of sp³-hybridized carbons (Fsp3) is 0.500. The zero-order valence-corrected chi connectivity index (χ0v) is 10.9. The number of nitrogens with one attached hydrogen (secondary N) is 4. The van der Waals surface area contributed by atoms with Gasteiger partial charge in [0.1, 0.15) is 0 Å². The van der Waals surface area contributed by atoms with Crippen LogP contribution in [0.3, 0.4) is 0 Å². The van der Waals surface area contributed by atoms with Crippen LogP contribution in [0.15, 0.2) is 0 Å². The van der Waals surface area contributed by atoms with Crippen LogP contribution in [0.5, 0.6) is 0 Å². The molecule has 10 heteroatoms. The summed E-state index contributed by atoms with van der Waals surface area (Å²) >= 11 is 0. The van der Waals surface area contributed by atoms with Crippen molar-refractivity contribution in [3.8, 4) is 0 Å². The Labute approximate surface area is 114 Å². The fourth-order valence-electron chi connectivity index (χ4n) is 0.898. The molecule has 4 N–H and O–H groups in total. The zero-order valence-electron chi connectivity index (χ0n) is 10.9. The van der Waals surface area contributed by atoms with Crippen molar-refractivity contribution in [1.29, 1.82) is 0 Å². The lowest BCUT2D eigenvalue weighted by molar-refractivity contribution is -0.143. The zero-order chi connectivity index (χ0) is 15.4. The van der Waals surface area contributed by atoms with Crippen molar-refractivity contribution in [2.75, 3.05) is 26.4 Å². The maximum Gasteiger partial charge on any atom is 0.304 e. The van der Waals surface area contributed by atoms with Gasteiger partial charge in [-0.05, 0) is 0 Å². The minimum absolute atomic E-state index is 0.236. The standard InChI is InChI=1S/C10H16N4O6/c1-7(16)20-6-14-10(19)4-13-9(18)3-12-8(17)2-11-5-15/h5H,2-4,6H2,1H3,(H,11,15)(H,12,17)(H,13,18)(H,14,19). The highest BCUT2D eigenvalue weighted by Gasteiger charge is 2.07. The summed E-state index contributed by atoms with van der Waals surface area (Å²) in [5.74, 6) is -2.20. The molecule has 4 amide bonds. The first-order valence-corrected chi connectivity index (χ1v) is 5.56. The van der Waals surface area contributed by atoms with Crippen molar-refractivity contribution in [3.05, 3.63) is 0 Å². The molecule has 0 aliphatic carbocycles. The molecular weight excluding hydrogens is 272 g/mol. The van der Waals surface area contributed by atoms with E-state index in [0.717, 1.165) is 0 Å². The molecule has 0 atom stereocenters. The molecular formula is C10H16N4O6. The Balaban J connectivity index is 3.66. The van der Waals surface area contributed by atoms with Crippen LogP contribution >= 0.6 is 0 Å². The third kappa shape index (κ3) is 10.5. The average molecular weight is 288 g/mol. The molecule has 10 nitrogen and oxygen atoms in total. The van der Waals surface area contributed by atoms with E-state index in [9.17, 15) is 24.0 Å². The summed E-state index contributed by atoms with van der Waals surface area (Å²) in [5, 5.41) is 8.82. The normalized spacial score (nSPS) is 9.05. The molecule has 0 aromatic heterocycles. The monoisotopic (exact) mass is 288 g/mol. The molecule has 0 spiro atoms. The van der Waals surface area contributed by atoms with Crippen LogP contribution in [0.1, 0.15) is 6.92 Å². The van der Waals surface area contributed by atoms with Crippen molar-refractivity contribution in [2.24, 2.45) is 0 Å². The summed E-state index contributed by atoms with van der Waals surface area (Å²) < 4.78 is 4.46. The lowest BCUT2D eigenvalue weighted by atomic mass is 10.5. The Kier molecular flexibility index (Phi) is 8.93. The molecule has 112 valence electrons. The van der Waals surface area contributed by atoms with E-state index in [1.807, 2.05) is 0 Å². The highest BCUT2D eigenvalue weighted by Crippen LogP contribution is 1.73. The number of ether oxygens (including phenoxy) is 1. The van der Waals surface area contributed by atoms with Crippen LogP contribution in [0.2, 0.25) is 0 Å². The second kappa shape index (κ2) is 10.3. The molecule has 0 rings (SSSR count). The summed E-state index contributed by atoms with van der Waals surface area (Å²) in [4.78, 5) is 53.7. The van der Waals surface area contributed by atoms with Crippen LogP contribution in [-0.2, 0) is 28.7 Å². The number of esters is 1. The van der Waals surface area contributed by atoms with Crippen LogP contribution in [0.4, 0.5) is 0 Å². The number of hydrogen-bond acceptors (Lipinski definition) is 6. The van der Waals surface area contributed by atoms with Gasteiger partial charge in [-0.1, -0.05) is 0 Å². The minimum Gasteiger partial charge on any atom is -0.445 e. The van der Waals surface area contributed by atoms with Crippen LogP contribution in [0, 0.1) is 0 Å². The number of rotatable bonds is 9. The number of carbonyl (C=O) groups excluding carboxylic acids is 5. The highest BCUT2D eigenvalue weighted by atomic mass is 16.5. The van der Waals surface area contributed by atoms with E-state index in [1.165, 1.54) is 6.92 Å². The Bertz CT molecular complexity index is 384. The molecule has 0 heterocycles. The summed E-state index contributed by atoms with van der Waals surface area (Å²) in [6, 6.07) is 0. The Morgan fingerprint density at radius 3 is 1.90 bits per heavy atom. The number of amides is 4. The summed E-state index contributed by atoms with van der Waals surface area (Å²) in [5.41, 5.74) is 0. The van der Waals surface area contributed by atoms with Crippen molar-refractivity contribution in [2.45, 2.75) is 6.92 Å². The molecule has 0 saturated heterocycles. The van der Waals surface area contributed by atoms with Gasteiger partial charge in [0.2, 0.25) is 24.1 Å². The van der Waals surface area contributed by atoms with Crippen LogP contribution in [-0.4, -0.2) is 56.5 Å². The van der Waals surface area contributed by atoms with E-state index >= 15 is 0 Å². The highest BCUT2D eigenvalue weighted by molar-refractivity contribution is 5.88. The van der Waals surface area contributed by atoms with Crippen molar-refractivity contribution < 1.29 is 28.7 Å². The SMILES string of the molecule is CC(=O)OCNC(=O)CNC(=O)CNC(=O)CNC=O. The van der Waals surface area contributed by atoms with Crippen LogP contribution in [0.25, 0.3) is 0 Å². The number of hydrogen-bond donors (Lipinski definition) is 4. The van der Waals surface area contributed by atoms with Gasteiger partial charge in [0.05, 0.1) is 19.6 Å². The molecule has 0 bridgehead atoms. The third-order valence-electron chi connectivity index (χ3n) is 1.78. The van der Waals surface area contributed by atoms with Gasteiger partial charge in [0, 0.05) is 6.92 Å². The van der Waals surface area contributed by atoms with Gasteiger partial charge in [-0.15, -0.1) is 0 Å². The second-order valence-electron chi connectivity index (χ2n) is 3.43. The maximum atomic E-state index is 11.2. The van der Waals surface area contributed by atoms with E-state index < -0.39 is 23.7 Å².